The highest BCUT2D eigenvalue weighted by atomic mass is 31.2. The molecule has 35 nitrogen and oxygen atoms in total. The number of nitrogens with zero attached hydrogens (tertiary/aromatic N) is 15. The average molecular weight is 1910 g/mol. The van der Waals surface area contributed by atoms with Crippen LogP contribution in [0.15, 0.2) is 79.3 Å². The van der Waals surface area contributed by atoms with Crippen molar-refractivity contribution in [1.29, 1.82) is 0 Å². The zero-order chi connectivity index (χ0) is 96.0. The molecule has 20 atom stereocenters. The number of hydrogen-bond donors (Lipinski definition) is 15. The minimum absolute atomic E-state index is 0.420. The molecule has 40 heteroatoms. The van der Waals surface area contributed by atoms with Gasteiger partial charge >= 0.3 is 0 Å². The molecule has 5 unspecified atom stereocenters. The van der Waals surface area contributed by atoms with Gasteiger partial charge in [0.15, 0.2) is 59.4 Å². The van der Waals surface area contributed by atoms with Gasteiger partial charge in [0.1, 0.15) is 112 Å². The fourth-order valence-corrected chi connectivity index (χ4v) is 21.4. The topological polar surface area (TPSA) is 518 Å². The fourth-order valence-electron chi connectivity index (χ4n) is 16.6. The van der Waals surface area contributed by atoms with Crippen molar-refractivity contribution in [3.05, 3.63) is 103 Å². The van der Waals surface area contributed by atoms with E-state index >= 15 is 0 Å². The number of hydrogen-bond acceptors (Lipinski definition) is 30. The lowest BCUT2D eigenvalue weighted by atomic mass is 10.1. The van der Waals surface area contributed by atoms with Gasteiger partial charge in [0, 0.05) is 56.8 Å². The summed E-state index contributed by atoms with van der Waals surface area (Å²) in [5.74, 6) is 2.90. The summed E-state index contributed by atoms with van der Waals surface area (Å²) in [7, 11) is 0. The van der Waals surface area contributed by atoms with Crippen LogP contribution >= 0.6 is 34.4 Å². The number of aryl methyl sites for hydroxylation is 4. The van der Waals surface area contributed by atoms with Crippen molar-refractivity contribution < 1.29 is 74.7 Å². The number of nitrogens with two attached hydrogens (primary N) is 4. The highest BCUT2D eigenvalue weighted by Gasteiger charge is 2.50. The number of ether oxygens (including phenoxy) is 5. The number of allylic oxidation sites excluding steroid dienone is 1. The van der Waals surface area contributed by atoms with Crippen LogP contribution in [-0.2, 0) is 42.9 Å². The molecule has 724 valence electrons. The Morgan fingerprint density at radius 3 is 1.04 bits per heavy atom. The van der Waals surface area contributed by atoms with E-state index in [4.69, 9.17) is 46.6 Å². The van der Waals surface area contributed by atoms with Crippen LogP contribution in [0.3, 0.4) is 0 Å². The number of nitrogens with one attached hydrogen (secondary N) is 1. The van der Waals surface area contributed by atoms with Crippen LogP contribution in [0.5, 0.6) is 0 Å². The third kappa shape index (κ3) is 25.1. The maximum absolute atomic E-state index is 10.7. The van der Waals surface area contributed by atoms with Crippen molar-refractivity contribution in [1.82, 2.24) is 72.7 Å². The lowest BCUT2D eigenvalue weighted by Crippen LogP contribution is -2.32. The summed E-state index contributed by atoms with van der Waals surface area (Å²) in [6.45, 7) is 28.3. The molecule has 5 saturated heterocycles. The molecule has 10 aromatic heterocycles. The molecule has 0 aliphatic carbocycles. The quantitative estimate of drug-likeness (QED) is 0.0147. The Morgan fingerprint density at radius 1 is 0.389 bits per heavy atom. The van der Waals surface area contributed by atoms with Gasteiger partial charge in [-0.15, -0.1) is 65.9 Å². The largest absolute Gasteiger partial charge is 0.397 e. The Labute approximate surface area is 769 Å². The van der Waals surface area contributed by atoms with Crippen LogP contribution in [0.4, 0.5) is 28.4 Å². The van der Waals surface area contributed by atoms with E-state index in [-0.39, 0.29) is 0 Å². The summed E-state index contributed by atoms with van der Waals surface area (Å²) in [4.78, 5) is 44.7. The molecule has 131 heavy (non-hydrogen) atoms. The van der Waals surface area contributed by atoms with E-state index in [1.54, 1.807) is 79.8 Å². The minimum atomic E-state index is -1.24. The SMILES string of the molecule is C=P(C)(C)CCC1O[C@@H](n2c(C)nc3c(N)ccnc32)[C@H](O)[C@@H]1O.C=P(C)(C)CCC1O[C@@H](n2c(CC)nc3c(N)ccnc32)[C@H](O)[C@@H]1O.C=P(C)(C)CCC1O[C@@H](n2c(CCC)nc3c(N)ccnc32)[C@H](O)[C@@H]1O.C=P(C)(C)CCC1O[C@@H](n2c(CCCC)nc3c(N)ccnc32)[C@H](O)[C@@H]1O.C=P(C)(C)CCC1O[C@@H](n2cnc3c(NC/C=C(/C)CC)ccnc32)[C@H](O)[C@@H]1O. The van der Waals surface area contributed by atoms with Crippen LogP contribution in [-0.4, -0.2) is 351 Å². The standard InChI is InChI=1S/C21H33N4O3P.C19H31N4O3P.C18H29N4O3P.C17H27N4O3P.C16H25N4O3P/c1-6-14(2)7-10-22-15-8-11-23-20-17(15)24-13-25(20)21-19(27)18(26)16(28-21)9-12-29(3,4)5;1-5-6-7-14-22-15-12(20)8-10-21-18(15)23(14)19-17(25)16(24)13(26-19)9-11-27(2,3)4;1-5-6-13-21-14-11(19)7-9-20-17(14)22(13)18-16(24)15(23)12(25-18)8-10-26(2,3)4;1-5-12-20-13-10(18)6-8-19-16(13)21(12)17-15(23)14(22)11(24-17)7-9-25(2,3)4;1-9-19-12-10(17)5-7-18-15(12)20(9)16-14(22)13(21)11(23-16)6-8-24(2,3)4/h7-8,11,13,16,18-19,21,26-27H,3,6,9-10,12H2,1-2,4-5H3,(H,22,23);8,10,13,16-17,19,24-25H,2,5-7,9,11H2,1,3-4H3,(H2,20,21);7,9,12,15-16,18,23-24H,2,5-6,8,10H2,1,3-4H3,(H2,19,20);6,8,11,14-15,17,22-23H,2,5,7,9H2,1,3-4H3,(H2,18,19);5,7,11,13-14,16,21-22H,2,6,8H2,1,3-4H3,(H2,17,18)/b14-7-;;;;/t16?,18-,19-,21-;13?,16-,17-,19-;12?,15-,16-,18-;11?,14-,15-,17-;11?,13-,14-,16-/m11111/s1. The van der Waals surface area contributed by atoms with E-state index < -0.39 is 157 Å². The van der Waals surface area contributed by atoms with Gasteiger partial charge in [0.25, 0.3) is 0 Å². The van der Waals surface area contributed by atoms with Crippen molar-refractivity contribution in [2.45, 2.75) is 241 Å². The molecule has 0 bridgehead atoms. The lowest BCUT2D eigenvalue weighted by molar-refractivity contribution is -0.0368. The smallest absolute Gasteiger partial charge is 0.165 e. The predicted octanol–water partition coefficient (Wildman–Crippen LogP) is 9.01. The number of rotatable bonds is 30. The van der Waals surface area contributed by atoms with E-state index in [2.05, 4.69) is 187 Å². The Morgan fingerprint density at radius 2 is 0.695 bits per heavy atom. The third-order valence-electron chi connectivity index (χ3n) is 24.2. The summed E-state index contributed by atoms with van der Waals surface area (Å²) in [6, 6.07) is 8.69. The molecule has 5 aliphatic rings. The van der Waals surface area contributed by atoms with Gasteiger partial charge in [-0.3, -0.25) is 22.8 Å². The Kier molecular flexibility index (Phi) is 34.9. The van der Waals surface area contributed by atoms with Crippen molar-refractivity contribution in [2.24, 2.45) is 0 Å². The number of unbranched alkanes of at least 4 members (excludes halogenated alkanes) is 1. The van der Waals surface area contributed by atoms with Crippen molar-refractivity contribution >= 4 is 150 Å². The maximum Gasteiger partial charge on any atom is 0.165 e. The number of anilines is 5. The van der Waals surface area contributed by atoms with Gasteiger partial charge in [-0.1, -0.05) is 45.8 Å². The zero-order valence-corrected chi connectivity index (χ0v) is 83.5. The van der Waals surface area contributed by atoms with Crippen LogP contribution < -0.4 is 28.3 Å². The molecular formula is C91H145N20O15P5. The van der Waals surface area contributed by atoms with E-state index in [0.717, 1.165) is 86.1 Å². The number of aliphatic hydroxyl groups is 10. The number of fused-ring (bicyclic) bond motifs is 5. The second-order valence-corrected chi connectivity index (χ2v) is 60.3. The number of nitrogen functional groups attached to an aromatic ring is 4. The molecule has 0 amide bonds. The lowest BCUT2D eigenvalue weighted by Gasteiger charge is -2.20. The Hall–Kier alpha value is -7.26. The van der Waals surface area contributed by atoms with E-state index in [0.29, 0.717) is 136 Å². The second kappa shape index (κ2) is 43.8. The molecule has 0 spiro atoms. The first-order valence-electron chi connectivity index (χ1n) is 45.2. The number of pyridine rings is 5. The molecule has 10 aromatic rings. The molecular weight excluding hydrogens is 1770 g/mol. The predicted molar refractivity (Wildman–Crippen MR) is 541 cm³/mol. The number of imidazole rings is 5. The van der Waals surface area contributed by atoms with Gasteiger partial charge < -0.3 is 103 Å². The normalized spacial score (nSPS) is 26.7. The monoisotopic (exact) mass is 1910 g/mol. The van der Waals surface area contributed by atoms with Crippen molar-refractivity contribution in [2.75, 3.05) is 132 Å². The van der Waals surface area contributed by atoms with Crippen LogP contribution in [0, 0.1) is 6.92 Å². The fraction of sp³-hybridized carbons (Fsp3) is 0.593. The molecule has 15 heterocycles. The second-order valence-electron chi connectivity index (χ2n) is 38.7. The summed E-state index contributed by atoms with van der Waals surface area (Å²) in [5, 5.41) is 109. The number of aliphatic hydroxyl groups excluding tert-OH is 10. The summed E-state index contributed by atoms with van der Waals surface area (Å²) >= 11 is 0. The van der Waals surface area contributed by atoms with Crippen LogP contribution in [0.2, 0.25) is 0 Å². The molecule has 0 saturated carbocycles. The van der Waals surface area contributed by atoms with Crippen LogP contribution in [0.25, 0.3) is 55.8 Å². The molecule has 5 fully saturated rings. The van der Waals surface area contributed by atoms with Gasteiger partial charge in [-0.05, 0) is 193 Å². The molecule has 15 rings (SSSR count). The van der Waals surface area contributed by atoms with Crippen molar-refractivity contribution in [3.63, 3.8) is 0 Å². The highest BCUT2D eigenvalue weighted by molar-refractivity contribution is 7.73. The summed E-state index contributed by atoms with van der Waals surface area (Å²) in [5.41, 5.74) is 34.4. The van der Waals surface area contributed by atoms with Gasteiger partial charge in [-0.25, -0.2) is 49.8 Å². The zero-order valence-electron chi connectivity index (χ0n) is 79.0. The first-order valence-corrected chi connectivity index (χ1v) is 60.4. The van der Waals surface area contributed by atoms with Crippen LogP contribution in [0.1, 0.15) is 147 Å². The van der Waals surface area contributed by atoms with E-state index in [9.17, 15) is 51.1 Å². The molecule has 5 aliphatic heterocycles. The summed E-state index contributed by atoms with van der Waals surface area (Å²) in [6.07, 6.45) is 31.1. The molecule has 0 aromatic carbocycles. The van der Waals surface area contributed by atoms with E-state index in [1.165, 1.54) is 5.57 Å². The first-order chi connectivity index (χ1) is 61.6. The highest BCUT2D eigenvalue weighted by Crippen LogP contribution is 2.47. The molecule has 19 N–H and O–H groups in total. The van der Waals surface area contributed by atoms with Crippen molar-refractivity contribution in [3.8, 4) is 0 Å². The maximum atomic E-state index is 10.7. The van der Waals surface area contributed by atoms with Gasteiger partial charge in [0.05, 0.1) is 65.3 Å². The molecule has 0 radical (unpaired) electrons. The van der Waals surface area contributed by atoms with Gasteiger partial charge in [0.2, 0.25) is 0 Å². The van der Waals surface area contributed by atoms with Gasteiger partial charge in [-0.2, -0.15) is 0 Å². The average Bonchev–Trinajstić information content (AvgIpc) is 1.61. The number of aromatic nitrogens is 15. The van der Waals surface area contributed by atoms with E-state index in [1.807, 2.05) is 24.5 Å². The Bertz CT molecular complexity index is 5830. The Balaban J connectivity index is 0.000000158. The minimum Gasteiger partial charge on any atom is -0.397 e. The summed E-state index contributed by atoms with van der Waals surface area (Å²) < 4.78 is 39.1. The first kappa shape index (κ1) is 104. The third-order valence-corrected chi connectivity index (χ3v) is 31.6.